The third-order valence-corrected chi connectivity index (χ3v) is 7.86. The van der Waals surface area contributed by atoms with E-state index in [1.54, 1.807) is 0 Å². The molecule has 5 aromatic carbocycles. The van der Waals surface area contributed by atoms with Crippen LogP contribution in [0.5, 0.6) is 0 Å². The highest BCUT2D eigenvalue weighted by molar-refractivity contribution is 5.96. The Labute approximate surface area is 230 Å². The van der Waals surface area contributed by atoms with Crippen molar-refractivity contribution in [1.82, 2.24) is 0 Å². The number of carbonyl (C=O) groups excluding carboxylic acids is 1. The molecule has 39 heavy (non-hydrogen) atoms. The van der Waals surface area contributed by atoms with Gasteiger partial charge in [0.05, 0.1) is 5.56 Å². The second-order valence-corrected chi connectivity index (χ2v) is 10.5. The highest BCUT2D eigenvalue weighted by Crippen LogP contribution is 2.47. The lowest BCUT2D eigenvalue weighted by Crippen LogP contribution is -2.29. The van der Waals surface area contributed by atoms with Gasteiger partial charge in [0.2, 0.25) is 0 Å². The second-order valence-electron chi connectivity index (χ2n) is 10.5. The minimum absolute atomic E-state index is 0.278. The molecule has 1 aliphatic heterocycles. The molecule has 0 saturated carbocycles. The fraction of sp³-hybridized carbons (Fsp3) is 0.162. The zero-order valence-electron chi connectivity index (χ0n) is 22.5. The SMILES string of the molecule is CCc1ccc(C2(c3ccc(Cc4ccc(Cc5ccc(C)cc5)cc4)cc3)OC(=O)c3ccccc32)cc1. The molecule has 5 aromatic rings. The van der Waals surface area contributed by atoms with E-state index in [2.05, 4.69) is 111 Å². The smallest absolute Gasteiger partial charge is 0.340 e. The Balaban J connectivity index is 1.27. The van der Waals surface area contributed by atoms with Gasteiger partial charge in [-0.05, 0) is 60.1 Å². The van der Waals surface area contributed by atoms with Gasteiger partial charge in [0.15, 0.2) is 5.60 Å². The van der Waals surface area contributed by atoms with Gasteiger partial charge in [-0.1, -0.05) is 128 Å². The van der Waals surface area contributed by atoms with Gasteiger partial charge in [0.1, 0.15) is 0 Å². The summed E-state index contributed by atoms with van der Waals surface area (Å²) in [5.74, 6) is -0.278. The van der Waals surface area contributed by atoms with Crippen molar-refractivity contribution in [2.24, 2.45) is 0 Å². The predicted octanol–water partition coefficient (Wildman–Crippen LogP) is 8.20. The number of hydrogen-bond donors (Lipinski definition) is 0. The van der Waals surface area contributed by atoms with Crippen LogP contribution < -0.4 is 0 Å². The van der Waals surface area contributed by atoms with E-state index in [1.165, 1.54) is 33.4 Å². The zero-order chi connectivity index (χ0) is 26.8. The Morgan fingerprint density at radius 1 is 0.564 bits per heavy atom. The molecule has 1 heterocycles. The van der Waals surface area contributed by atoms with Crippen LogP contribution in [0.4, 0.5) is 0 Å². The van der Waals surface area contributed by atoms with E-state index in [-0.39, 0.29) is 5.97 Å². The average Bonchev–Trinajstić information content (AvgIpc) is 3.29. The largest absolute Gasteiger partial charge is 0.441 e. The summed E-state index contributed by atoms with van der Waals surface area (Å²) in [6.07, 6.45) is 2.75. The van der Waals surface area contributed by atoms with Crippen LogP contribution in [-0.4, -0.2) is 5.97 Å². The van der Waals surface area contributed by atoms with Gasteiger partial charge in [-0.2, -0.15) is 0 Å². The molecule has 2 heteroatoms. The van der Waals surface area contributed by atoms with Crippen molar-refractivity contribution in [2.45, 2.75) is 38.7 Å². The first-order valence-corrected chi connectivity index (χ1v) is 13.7. The van der Waals surface area contributed by atoms with Gasteiger partial charge in [-0.3, -0.25) is 0 Å². The fourth-order valence-corrected chi connectivity index (χ4v) is 5.60. The number of cyclic esters (lactones) is 1. The number of carbonyl (C=O) groups is 1. The van der Waals surface area contributed by atoms with Gasteiger partial charge in [0.25, 0.3) is 0 Å². The number of esters is 1. The molecule has 0 N–H and O–H groups in total. The lowest BCUT2D eigenvalue weighted by atomic mass is 9.79. The van der Waals surface area contributed by atoms with Gasteiger partial charge < -0.3 is 4.74 Å². The first-order valence-electron chi connectivity index (χ1n) is 13.7. The van der Waals surface area contributed by atoms with Crippen LogP contribution in [0, 0.1) is 6.92 Å². The molecule has 0 aliphatic carbocycles. The Hall–Kier alpha value is -4.43. The van der Waals surface area contributed by atoms with Crippen molar-refractivity contribution in [3.63, 3.8) is 0 Å². The van der Waals surface area contributed by atoms with Gasteiger partial charge in [-0.25, -0.2) is 4.79 Å². The number of fused-ring (bicyclic) bond motifs is 1. The van der Waals surface area contributed by atoms with Crippen LogP contribution in [-0.2, 0) is 29.6 Å². The zero-order valence-corrected chi connectivity index (χ0v) is 22.5. The molecule has 0 saturated heterocycles. The monoisotopic (exact) mass is 508 g/mol. The summed E-state index contributed by atoms with van der Waals surface area (Å²) >= 11 is 0. The summed E-state index contributed by atoms with van der Waals surface area (Å²) in [4.78, 5) is 13.0. The Morgan fingerprint density at radius 3 is 1.51 bits per heavy atom. The Kier molecular flexibility index (Phi) is 6.62. The molecule has 1 unspecified atom stereocenters. The van der Waals surface area contributed by atoms with Crippen molar-refractivity contribution < 1.29 is 9.53 Å². The van der Waals surface area contributed by atoms with Crippen LogP contribution in [0.25, 0.3) is 0 Å². The highest BCUT2D eigenvalue weighted by Gasteiger charge is 2.48. The van der Waals surface area contributed by atoms with Crippen molar-refractivity contribution in [3.8, 4) is 0 Å². The van der Waals surface area contributed by atoms with E-state index in [0.717, 1.165) is 36.0 Å². The van der Waals surface area contributed by atoms with Gasteiger partial charge >= 0.3 is 5.97 Å². The molecule has 1 aliphatic rings. The number of hydrogen-bond acceptors (Lipinski definition) is 2. The summed E-state index contributed by atoms with van der Waals surface area (Å²) in [6.45, 7) is 4.26. The molecule has 6 rings (SSSR count). The van der Waals surface area contributed by atoms with E-state index in [4.69, 9.17) is 4.74 Å². The molecule has 0 radical (unpaired) electrons. The van der Waals surface area contributed by atoms with Crippen LogP contribution in [0.15, 0.2) is 121 Å². The molecular formula is C37H32O2. The normalized spacial score (nSPS) is 16.1. The molecule has 1 atom stereocenters. The van der Waals surface area contributed by atoms with Crippen LogP contribution in [0.3, 0.4) is 0 Å². The van der Waals surface area contributed by atoms with Gasteiger partial charge in [0, 0.05) is 16.7 Å². The van der Waals surface area contributed by atoms with E-state index in [9.17, 15) is 4.79 Å². The maximum absolute atomic E-state index is 13.0. The quantitative estimate of drug-likeness (QED) is 0.207. The standard InChI is InChI=1S/C37H32O2/c1-3-27-16-20-32(21-17-27)37(35-7-5-4-6-34(35)36(38)39-37)33-22-18-31(19-23-33)25-30-14-12-29(13-15-30)24-28-10-8-26(2)9-11-28/h4-23H,3,24-25H2,1-2H3. The van der Waals surface area contributed by atoms with E-state index < -0.39 is 5.60 Å². The third-order valence-electron chi connectivity index (χ3n) is 7.86. The lowest BCUT2D eigenvalue weighted by molar-refractivity contribution is 0.0251. The molecular weight excluding hydrogens is 476 g/mol. The summed E-state index contributed by atoms with van der Waals surface area (Å²) < 4.78 is 6.25. The van der Waals surface area contributed by atoms with E-state index >= 15 is 0 Å². The third kappa shape index (κ3) is 4.79. The van der Waals surface area contributed by atoms with E-state index in [0.29, 0.717) is 5.56 Å². The predicted molar refractivity (Wildman–Crippen MR) is 157 cm³/mol. The molecule has 0 fully saturated rings. The van der Waals surface area contributed by atoms with Crippen molar-refractivity contribution >= 4 is 5.97 Å². The van der Waals surface area contributed by atoms with Crippen LogP contribution in [0.2, 0.25) is 0 Å². The van der Waals surface area contributed by atoms with Crippen molar-refractivity contribution in [2.75, 3.05) is 0 Å². The number of benzene rings is 5. The van der Waals surface area contributed by atoms with Crippen LogP contribution >= 0.6 is 0 Å². The topological polar surface area (TPSA) is 26.3 Å². The van der Waals surface area contributed by atoms with E-state index in [1.807, 2.05) is 24.3 Å². The number of ether oxygens (including phenoxy) is 1. The van der Waals surface area contributed by atoms with Crippen molar-refractivity contribution in [3.05, 3.63) is 177 Å². The molecule has 0 aromatic heterocycles. The minimum Gasteiger partial charge on any atom is -0.441 e. The average molecular weight is 509 g/mol. The Bertz CT molecular complexity index is 1600. The van der Waals surface area contributed by atoms with Gasteiger partial charge in [-0.15, -0.1) is 0 Å². The summed E-state index contributed by atoms with van der Waals surface area (Å²) in [6, 6.07) is 42.4. The second kappa shape index (κ2) is 10.4. The number of rotatable bonds is 7. The first kappa shape index (κ1) is 24.9. The summed E-state index contributed by atoms with van der Waals surface area (Å²) in [5, 5.41) is 0. The minimum atomic E-state index is -0.948. The maximum Gasteiger partial charge on any atom is 0.340 e. The fourth-order valence-electron chi connectivity index (χ4n) is 5.60. The molecule has 0 amide bonds. The molecule has 0 bridgehead atoms. The number of aryl methyl sites for hydroxylation is 2. The lowest BCUT2D eigenvalue weighted by Gasteiger charge is -2.30. The molecule has 192 valence electrons. The molecule has 0 spiro atoms. The highest BCUT2D eigenvalue weighted by atomic mass is 16.6. The Morgan fingerprint density at radius 2 is 1.00 bits per heavy atom. The molecule has 2 nitrogen and oxygen atoms in total. The summed E-state index contributed by atoms with van der Waals surface area (Å²) in [7, 11) is 0. The maximum atomic E-state index is 13.0. The van der Waals surface area contributed by atoms with Crippen LogP contribution in [0.1, 0.15) is 67.4 Å². The van der Waals surface area contributed by atoms with Crippen molar-refractivity contribution in [1.29, 1.82) is 0 Å². The summed E-state index contributed by atoms with van der Waals surface area (Å²) in [5.41, 5.74) is 10.2. The first-order chi connectivity index (χ1) is 19.0.